The number of amides is 1. The van der Waals surface area contributed by atoms with E-state index in [9.17, 15) is 9.18 Å². The average Bonchev–Trinajstić information content (AvgIpc) is 2.44. The van der Waals surface area contributed by atoms with Gasteiger partial charge in [-0.15, -0.1) is 0 Å². The number of rotatable bonds is 4. The molecule has 2 aromatic rings. The summed E-state index contributed by atoms with van der Waals surface area (Å²) >= 11 is 0. The van der Waals surface area contributed by atoms with Gasteiger partial charge in [-0.25, -0.2) is 4.39 Å². The molecule has 4 heteroatoms. The van der Waals surface area contributed by atoms with E-state index in [1.165, 1.54) is 12.1 Å². The molecule has 1 unspecified atom stereocenters. The van der Waals surface area contributed by atoms with Crippen molar-refractivity contribution in [3.05, 3.63) is 65.0 Å². The zero-order valence-electron chi connectivity index (χ0n) is 12.2. The Morgan fingerprint density at radius 3 is 2.57 bits per heavy atom. The molecule has 0 bridgehead atoms. The van der Waals surface area contributed by atoms with Crippen molar-refractivity contribution in [1.29, 1.82) is 0 Å². The number of hydrogen-bond acceptors (Lipinski definition) is 2. The molecule has 2 rings (SSSR count). The SMILES string of the molecule is Cc1c(N)cccc1C(=O)NC(C)Cc1ccc(F)cc1. The molecule has 0 radical (unpaired) electrons. The fourth-order valence-electron chi connectivity index (χ4n) is 2.23. The molecule has 2 aromatic carbocycles. The van der Waals surface area contributed by atoms with Gasteiger partial charge in [-0.3, -0.25) is 4.79 Å². The van der Waals surface area contributed by atoms with Crippen LogP contribution in [0.5, 0.6) is 0 Å². The van der Waals surface area contributed by atoms with Gasteiger partial charge in [0, 0.05) is 17.3 Å². The minimum absolute atomic E-state index is 0.0520. The summed E-state index contributed by atoms with van der Waals surface area (Å²) in [5.41, 5.74) is 8.76. The Hall–Kier alpha value is -2.36. The summed E-state index contributed by atoms with van der Waals surface area (Å²) in [5.74, 6) is -0.403. The van der Waals surface area contributed by atoms with Crippen LogP contribution >= 0.6 is 0 Å². The summed E-state index contributed by atoms with van der Waals surface area (Å²) in [6.45, 7) is 3.75. The minimum atomic E-state index is -0.258. The highest BCUT2D eigenvalue weighted by Gasteiger charge is 2.13. The molecular weight excluding hydrogens is 267 g/mol. The van der Waals surface area contributed by atoms with Gasteiger partial charge in [-0.1, -0.05) is 18.2 Å². The van der Waals surface area contributed by atoms with Crippen molar-refractivity contribution < 1.29 is 9.18 Å². The van der Waals surface area contributed by atoms with Gasteiger partial charge in [0.05, 0.1) is 0 Å². The van der Waals surface area contributed by atoms with E-state index in [1.54, 1.807) is 30.3 Å². The highest BCUT2D eigenvalue weighted by molar-refractivity contribution is 5.97. The molecule has 0 aromatic heterocycles. The first-order valence-corrected chi connectivity index (χ1v) is 6.87. The number of halogens is 1. The van der Waals surface area contributed by atoms with E-state index in [4.69, 9.17) is 5.73 Å². The maximum Gasteiger partial charge on any atom is 0.251 e. The predicted molar refractivity (Wildman–Crippen MR) is 82.6 cm³/mol. The van der Waals surface area contributed by atoms with Crippen molar-refractivity contribution in [1.82, 2.24) is 5.32 Å². The number of anilines is 1. The number of benzene rings is 2. The summed E-state index contributed by atoms with van der Waals surface area (Å²) in [5, 5.41) is 2.94. The topological polar surface area (TPSA) is 55.1 Å². The largest absolute Gasteiger partial charge is 0.398 e. The van der Waals surface area contributed by atoms with E-state index in [0.29, 0.717) is 17.7 Å². The van der Waals surface area contributed by atoms with E-state index < -0.39 is 0 Å². The van der Waals surface area contributed by atoms with Gasteiger partial charge in [0.25, 0.3) is 5.91 Å². The second kappa shape index (κ2) is 6.39. The monoisotopic (exact) mass is 286 g/mol. The lowest BCUT2D eigenvalue weighted by Crippen LogP contribution is -2.34. The van der Waals surface area contributed by atoms with Crippen LogP contribution in [-0.4, -0.2) is 11.9 Å². The first-order chi connectivity index (χ1) is 9.97. The van der Waals surface area contributed by atoms with Crippen LogP contribution in [0, 0.1) is 12.7 Å². The van der Waals surface area contributed by atoms with Crippen molar-refractivity contribution in [2.75, 3.05) is 5.73 Å². The molecule has 110 valence electrons. The summed E-state index contributed by atoms with van der Waals surface area (Å²) < 4.78 is 12.9. The lowest BCUT2D eigenvalue weighted by atomic mass is 10.0. The van der Waals surface area contributed by atoms with Crippen LogP contribution in [-0.2, 0) is 6.42 Å². The molecule has 0 fully saturated rings. The third-order valence-corrected chi connectivity index (χ3v) is 3.45. The van der Waals surface area contributed by atoms with E-state index in [1.807, 2.05) is 13.8 Å². The van der Waals surface area contributed by atoms with Gasteiger partial charge >= 0.3 is 0 Å². The van der Waals surface area contributed by atoms with E-state index in [-0.39, 0.29) is 17.8 Å². The quantitative estimate of drug-likeness (QED) is 0.849. The van der Waals surface area contributed by atoms with E-state index >= 15 is 0 Å². The maximum absolute atomic E-state index is 12.9. The molecular formula is C17H19FN2O. The van der Waals surface area contributed by atoms with Crippen LogP contribution in [0.1, 0.15) is 28.4 Å². The van der Waals surface area contributed by atoms with Crippen molar-refractivity contribution in [3.8, 4) is 0 Å². The number of nitrogens with one attached hydrogen (secondary N) is 1. The molecule has 1 amide bonds. The number of hydrogen-bond donors (Lipinski definition) is 2. The van der Waals surface area contributed by atoms with Crippen LogP contribution in [0.25, 0.3) is 0 Å². The van der Waals surface area contributed by atoms with Gasteiger partial charge in [-0.2, -0.15) is 0 Å². The second-order valence-electron chi connectivity index (χ2n) is 5.22. The molecule has 21 heavy (non-hydrogen) atoms. The van der Waals surface area contributed by atoms with Gasteiger partial charge in [0.2, 0.25) is 0 Å². The Morgan fingerprint density at radius 1 is 1.24 bits per heavy atom. The van der Waals surface area contributed by atoms with Gasteiger partial charge in [0.15, 0.2) is 0 Å². The molecule has 0 saturated heterocycles. The molecule has 3 nitrogen and oxygen atoms in total. The van der Waals surface area contributed by atoms with Crippen LogP contribution in [0.3, 0.4) is 0 Å². The Labute approximate surface area is 124 Å². The van der Waals surface area contributed by atoms with Crippen LogP contribution < -0.4 is 11.1 Å². The molecule has 0 saturated carbocycles. The standard InChI is InChI=1S/C17H19FN2O/c1-11(10-13-6-8-14(18)9-7-13)20-17(21)15-4-3-5-16(19)12(15)2/h3-9,11H,10,19H2,1-2H3,(H,20,21). The maximum atomic E-state index is 12.9. The fraction of sp³-hybridized carbons (Fsp3) is 0.235. The Bertz CT molecular complexity index is 638. The van der Waals surface area contributed by atoms with Crippen LogP contribution in [0.15, 0.2) is 42.5 Å². The van der Waals surface area contributed by atoms with Crippen molar-refractivity contribution in [2.45, 2.75) is 26.3 Å². The Morgan fingerprint density at radius 2 is 1.90 bits per heavy atom. The predicted octanol–water partition coefficient (Wildman–Crippen LogP) is 3.08. The van der Waals surface area contributed by atoms with Gasteiger partial charge in [-0.05, 0) is 55.7 Å². The number of carbonyl (C=O) groups is 1. The molecule has 0 heterocycles. The smallest absolute Gasteiger partial charge is 0.251 e. The summed E-state index contributed by atoms with van der Waals surface area (Å²) in [6.07, 6.45) is 0.646. The normalized spacial score (nSPS) is 12.0. The highest BCUT2D eigenvalue weighted by Crippen LogP contribution is 2.15. The zero-order chi connectivity index (χ0) is 15.4. The third-order valence-electron chi connectivity index (χ3n) is 3.45. The lowest BCUT2D eigenvalue weighted by molar-refractivity contribution is 0.0939. The highest BCUT2D eigenvalue weighted by atomic mass is 19.1. The molecule has 0 aliphatic carbocycles. The van der Waals surface area contributed by atoms with Crippen LogP contribution in [0.4, 0.5) is 10.1 Å². The lowest BCUT2D eigenvalue weighted by Gasteiger charge is -2.15. The van der Waals surface area contributed by atoms with Gasteiger partial charge < -0.3 is 11.1 Å². The molecule has 0 aliphatic heterocycles. The molecule has 3 N–H and O–H groups in total. The van der Waals surface area contributed by atoms with Gasteiger partial charge in [0.1, 0.15) is 5.82 Å². The van der Waals surface area contributed by atoms with Crippen LogP contribution in [0.2, 0.25) is 0 Å². The van der Waals surface area contributed by atoms with Crippen molar-refractivity contribution >= 4 is 11.6 Å². The minimum Gasteiger partial charge on any atom is -0.398 e. The number of carbonyl (C=O) groups excluding carboxylic acids is 1. The number of nitrogens with two attached hydrogens (primary N) is 1. The second-order valence-corrected chi connectivity index (χ2v) is 5.22. The Balaban J connectivity index is 2.02. The molecule has 0 spiro atoms. The third kappa shape index (κ3) is 3.81. The van der Waals surface area contributed by atoms with E-state index in [0.717, 1.165) is 11.1 Å². The summed E-state index contributed by atoms with van der Waals surface area (Å²) in [7, 11) is 0. The van der Waals surface area contributed by atoms with Crippen molar-refractivity contribution in [3.63, 3.8) is 0 Å². The average molecular weight is 286 g/mol. The van der Waals surface area contributed by atoms with Crippen molar-refractivity contribution in [2.24, 2.45) is 0 Å². The number of nitrogen functional groups attached to an aromatic ring is 1. The molecule has 1 atom stereocenters. The first-order valence-electron chi connectivity index (χ1n) is 6.87. The summed E-state index contributed by atoms with van der Waals surface area (Å²) in [4.78, 5) is 12.2. The van der Waals surface area contributed by atoms with E-state index in [2.05, 4.69) is 5.32 Å². The molecule has 0 aliphatic rings. The fourth-order valence-corrected chi connectivity index (χ4v) is 2.23. The summed E-state index contributed by atoms with van der Waals surface area (Å²) in [6, 6.07) is 11.5. The first kappa shape index (κ1) is 15.0. The Kier molecular flexibility index (Phi) is 4.58. The zero-order valence-corrected chi connectivity index (χ0v) is 12.2.